The summed E-state index contributed by atoms with van der Waals surface area (Å²) in [5, 5.41) is 3.95. The number of ether oxygens (including phenoxy) is 1. The Labute approximate surface area is 230 Å². The molecule has 1 aliphatic heterocycles. The molecular formula is C26H30ClFN4O6S. The van der Waals surface area contributed by atoms with Crippen LogP contribution >= 0.6 is 11.6 Å². The van der Waals surface area contributed by atoms with Gasteiger partial charge >= 0.3 is 11.7 Å². The molecule has 1 saturated heterocycles. The largest absolute Gasteiger partial charge is 0.422 e. The van der Waals surface area contributed by atoms with Crippen molar-refractivity contribution in [3.8, 4) is 5.75 Å². The van der Waals surface area contributed by atoms with Crippen molar-refractivity contribution in [1.29, 1.82) is 0 Å². The highest BCUT2D eigenvalue weighted by Gasteiger charge is 2.23. The van der Waals surface area contributed by atoms with Crippen molar-refractivity contribution in [2.75, 3.05) is 50.7 Å². The van der Waals surface area contributed by atoms with Gasteiger partial charge in [0.05, 0.1) is 16.5 Å². The molecule has 2 N–H and O–H groups in total. The van der Waals surface area contributed by atoms with Crippen molar-refractivity contribution < 1.29 is 26.8 Å². The van der Waals surface area contributed by atoms with Gasteiger partial charge in [0.15, 0.2) is 11.6 Å². The molecule has 10 nitrogen and oxygen atoms in total. The zero-order valence-corrected chi connectivity index (χ0v) is 23.4. The summed E-state index contributed by atoms with van der Waals surface area (Å²) >= 11 is 6.48. The standard InChI is InChI=1S/C26H30ClFN4O6S/c1-4-39(35,36)30-21-7-5-6-16(24(21)28)12-18-19(15-32-10-8-29-9-11-32)17-13-20(27)23(38-26(34)31(2)3)14-22(17)37-25(18)33/h5-7,13-14,29-30H,4,8-12,15H2,1-3H3. The van der Waals surface area contributed by atoms with Gasteiger partial charge in [-0.1, -0.05) is 23.7 Å². The Morgan fingerprint density at radius 2 is 1.95 bits per heavy atom. The zero-order chi connectivity index (χ0) is 28.3. The quantitative estimate of drug-likeness (QED) is 0.389. The minimum atomic E-state index is -3.71. The monoisotopic (exact) mass is 580 g/mol. The summed E-state index contributed by atoms with van der Waals surface area (Å²) in [6, 6.07) is 7.31. The molecule has 4 rings (SSSR count). The van der Waals surface area contributed by atoms with E-state index in [2.05, 4.69) is 14.9 Å². The Morgan fingerprint density at radius 1 is 1.23 bits per heavy atom. The van der Waals surface area contributed by atoms with Crippen LogP contribution in [0.25, 0.3) is 11.0 Å². The van der Waals surface area contributed by atoms with Crippen molar-refractivity contribution in [3.05, 3.63) is 68.3 Å². The minimum Gasteiger partial charge on any atom is -0.422 e. The van der Waals surface area contributed by atoms with Crippen LogP contribution in [0.15, 0.2) is 39.5 Å². The van der Waals surface area contributed by atoms with Crippen LogP contribution in [-0.4, -0.2) is 70.3 Å². The third kappa shape index (κ3) is 6.70. The van der Waals surface area contributed by atoms with Crippen molar-refractivity contribution in [2.45, 2.75) is 19.9 Å². The van der Waals surface area contributed by atoms with Crippen LogP contribution in [0.1, 0.15) is 23.6 Å². The second-order valence-corrected chi connectivity index (χ2v) is 11.8. The van der Waals surface area contributed by atoms with E-state index in [-0.39, 0.29) is 45.3 Å². The van der Waals surface area contributed by atoms with Crippen LogP contribution in [0.2, 0.25) is 5.02 Å². The maximum atomic E-state index is 15.4. The number of carbonyl (C=O) groups excluding carboxylic acids is 1. The first kappa shape index (κ1) is 28.8. The van der Waals surface area contributed by atoms with Crippen LogP contribution in [-0.2, 0) is 23.0 Å². The van der Waals surface area contributed by atoms with E-state index in [9.17, 15) is 18.0 Å². The maximum Gasteiger partial charge on any atom is 0.414 e. The number of piperazine rings is 1. The van der Waals surface area contributed by atoms with Crippen LogP contribution in [0.5, 0.6) is 5.75 Å². The van der Waals surface area contributed by atoms with E-state index in [0.29, 0.717) is 17.5 Å². The zero-order valence-electron chi connectivity index (χ0n) is 21.8. The lowest BCUT2D eigenvalue weighted by molar-refractivity contribution is 0.172. The van der Waals surface area contributed by atoms with Gasteiger partial charge in [-0.3, -0.25) is 9.62 Å². The summed E-state index contributed by atoms with van der Waals surface area (Å²) in [7, 11) is -0.660. The Bertz CT molecular complexity index is 1550. The van der Waals surface area contributed by atoms with Crippen molar-refractivity contribution in [1.82, 2.24) is 15.1 Å². The van der Waals surface area contributed by atoms with E-state index in [4.69, 9.17) is 20.8 Å². The van der Waals surface area contributed by atoms with Gasteiger partial charge in [0, 0.05) is 70.3 Å². The normalized spacial score (nSPS) is 14.4. The molecule has 1 aromatic heterocycles. The predicted octanol–water partition coefficient (Wildman–Crippen LogP) is 3.40. The summed E-state index contributed by atoms with van der Waals surface area (Å²) in [6.45, 7) is 4.83. The number of sulfonamides is 1. The van der Waals surface area contributed by atoms with Gasteiger partial charge in [-0.15, -0.1) is 0 Å². The fourth-order valence-electron chi connectivity index (χ4n) is 4.24. The average Bonchev–Trinajstić information content (AvgIpc) is 2.89. The Morgan fingerprint density at radius 3 is 2.62 bits per heavy atom. The molecule has 13 heteroatoms. The molecule has 0 unspecified atom stereocenters. The van der Waals surface area contributed by atoms with Crippen LogP contribution in [0.4, 0.5) is 14.9 Å². The molecule has 2 heterocycles. The molecular weight excluding hydrogens is 551 g/mol. The average molecular weight is 581 g/mol. The molecule has 1 aliphatic rings. The lowest BCUT2D eigenvalue weighted by Gasteiger charge is -2.28. The Balaban J connectivity index is 1.82. The van der Waals surface area contributed by atoms with E-state index in [1.807, 2.05) is 0 Å². The predicted molar refractivity (Wildman–Crippen MR) is 148 cm³/mol. The first-order valence-electron chi connectivity index (χ1n) is 12.4. The van der Waals surface area contributed by atoms with Gasteiger partial charge in [0.2, 0.25) is 10.0 Å². The van der Waals surface area contributed by atoms with E-state index < -0.39 is 27.6 Å². The van der Waals surface area contributed by atoms with Crippen molar-refractivity contribution >= 4 is 44.4 Å². The van der Waals surface area contributed by atoms with Gasteiger partial charge in [-0.2, -0.15) is 0 Å². The summed E-state index contributed by atoms with van der Waals surface area (Å²) in [5.41, 5.74) is 0.253. The smallest absolute Gasteiger partial charge is 0.414 e. The second-order valence-electron chi connectivity index (χ2n) is 9.37. The Hall–Kier alpha value is -3.19. The molecule has 0 aliphatic carbocycles. The highest BCUT2D eigenvalue weighted by Crippen LogP contribution is 2.34. The SMILES string of the molecule is CCS(=O)(=O)Nc1cccc(Cc2c(CN3CCNCC3)c3cc(Cl)c(OC(=O)N(C)C)cc3oc2=O)c1F. The van der Waals surface area contributed by atoms with E-state index >= 15 is 4.39 Å². The van der Waals surface area contributed by atoms with E-state index in [0.717, 1.165) is 26.2 Å². The number of fused-ring (bicyclic) bond motifs is 1. The first-order valence-corrected chi connectivity index (χ1v) is 14.4. The fraction of sp³-hybridized carbons (Fsp3) is 0.385. The number of nitrogens with one attached hydrogen (secondary N) is 2. The van der Waals surface area contributed by atoms with Gasteiger partial charge in [0.1, 0.15) is 5.58 Å². The Kier molecular flexibility index (Phi) is 8.80. The lowest BCUT2D eigenvalue weighted by Crippen LogP contribution is -2.43. The van der Waals surface area contributed by atoms with Gasteiger partial charge < -0.3 is 19.4 Å². The molecule has 39 heavy (non-hydrogen) atoms. The number of halogens is 2. The first-order chi connectivity index (χ1) is 18.5. The van der Waals surface area contributed by atoms with Crippen LogP contribution in [0, 0.1) is 5.82 Å². The molecule has 1 fully saturated rings. The van der Waals surface area contributed by atoms with Crippen LogP contribution in [0.3, 0.4) is 0 Å². The number of anilines is 1. The molecule has 0 spiro atoms. The molecule has 0 atom stereocenters. The van der Waals surface area contributed by atoms with Crippen LogP contribution < -0.4 is 20.4 Å². The van der Waals surface area contributed by atoms with E-state index in [1.54, 1.807) is 6.07 Å². The van der Waals surface area contributed by atoms with Gasteiger partial charge in [-0.05, 0) is 30.2 Å². The van der Waals surface area contributed by atoms with Crippen molar-refractivity contribution in [2.24, 2.45) is 0 Å². The number of nitrogens with zero attached hydrogens (tertiary/aromatic N) is 2. The number of amides is 1. The number of hydrogen-bond acceptors (Lipinski definition) is 8. The number of rotatable bonds is 8. The summed E-state index contributed by atoms with van der Waals surface area (Å²) in [4.78, 5) is 28.8. The topological polar surface area (TPSA) is 121 Å². The molecule has 1 amide bonds. The highest BCUT2D eigenvalue weighted by atomic mass is 35.5. The summed E-state index contributed by atoms with van der Waals surface area (Å²) < 4.78 is 52.6. The molecule has 3 aromatic rings. The third-order valence-corrected chi connectivity index (χ3v) is 8.00. The number of benzene rings is 2. The summed E-state index contributed by atoms with van der Waals surface area (Å²) in [6.07, 6.45) is -0.785. The second kappa shape index (κ2) is 11.9. The van der Waals surface area contributed by atoms with Crippen molar-refractivity contribution in [3.63, 3.8) is 0 Å². The minimum absolute atomic E-state index is 0.0360. The molecule has 2 aromatic carbocycles. The lowest BCUT2D eigenvalue weighted by atomic mass is 9.97. The third-order valence-electron chi connectivity index (χ3n) is 6.42. The number of hydrogen-bond donors (Lipinski definition) is 2. The van der Waals surface area contributed by atoms with E-state index in [1.165, 1.54) is 50.2 Å². The molecule has 0 bridgehead atoms. The fourth-order valence-corrected chi connectivity index (χ4v) is 5.08. The summed E-state index contributed by atoms with van der Waals surface area (Å²) in [5.74, 6) is -0.952. The molecule has 210 valence electrons. The number of carbonyl (C=O) groups is 1. The molecule has 0 radical (unpaired) electrons. The molecule has 0 saturated carbocycles. The maximum absolute atomic E-state index is 15.4. The van der Waals surface area contributed by atoms with Gasteiger partial charge in [0.25, 0.3) is 0 Å². The highest BCUT2D eigenvalue weighted by molar-refractivity contribution is 7.92. The van der Waals surface area contributed by atoms with Gasteiger partial charge in [-0.25, -0.2) is 22.4 Å².